The highest BCUT2D eigenvalue weighted by molar-refractivity contribution is 5.76. The number of esters is 1. The molecule has 2 atom stereocenters. The molecule has 0 aromatic carbocycles. The number of carbonyl (C=O) groups excluding carboxylic acids is 2. The van der Waals surface area contributed by atoms with E-state index >= 15 is 0 Å². The van der Waals surface area contributed by atoms with Crippen molar-refractivity contribution in [2.24, 2.45) is 0 Å². The smallest absolute Gasteiger partial charge is 0.305 e. The van der Waals surface area contributed by atoms with Crippen molar-refractivity contribution < 1.29 is 24.5 Å². The van der Waals surface area contributed by atoms with E-state index in [1.165, 1.54) is 360 Å². The van der Waals surface area contributed by atoms with Crippen LogP contribution in [0.5, 0.6) is 0 Å². The lowest BCUT2D eigenvalue weighted by molar-refractivity contribution is -0.143. The van der Waals surface area contributed by atoms with Gasteiger partial charge in [-0.3, -0.25) is 9.59 Å². The number of ether oxygens (including phenoxy) is 1. The zero-order valence-corrected chi connectivity index (χ0v) is 55.3. The highest BCUT2D eigenvalue weighted by Crippen LogP contribution is 2.20. The summed E-state index contributed by atoms with van der Waals surface area (Å²) >= 11 is 0. The third kappa shape index (κ3) is 67.6. The molecule has 81 heavy (non-hydrogen) atoms. The van der Waals surface area contributed by atoms with Gasteiger partial charge >= 0.3 is 5.97 Å². The summed E-state index contributed by atoms with van der Waals surface area (Å²) in [5.74, 6) is -0.00657. The zero-order chi connectivity index (χ0) is 58.5. The summed E-state index contributed by atoms with van der Waals surface area (Å²) in [6, 6.07) is -0.539. The third-order valence-corrected chi connectivity index (χ3v) is 17.8. The van der Waals surface area contributed by atoms with Gasteiger partial charge in [0, 0.05) is 12.8 Å². The Kier molecular flexibility index (Phi) is 69.9. The number of hydrogen-bond donors (Lipinski definition) is 3. The Bertz CT molecular complexity index is 1220. The van der Waals surface area contributed by atoms with Gasteiger partial charge in [-0.05, 0) is 51.4 Å². The van der Waals surface area contributed by atoms with Crippen LogP contribution in [0.1, 0.15) is 431 Å². The molecule has 0 fully saturated rings. The standard InChI is InChI=1S/C75H147NO5/c1-3-5-7-9-11-13-15-17-18-19-35-38-41-44-47-51-55-59-63-67-73(78)72(71-77)76-74(79)68-64-60-56-52-48-45-42-39-36-33-31-29-27-25-23-21-20-22-24-26-28-30-32-34-37-40-43-46-50-54-58-62-66-70-81-75(80)69-65-61-57-53-49-16-14-12-10-8-6-4-2/h24,26,72-73,77-78H,3-23,25,27-71H2,1-2H3,(H,76,79)/b26-24-. The number of amides is 1. The molecule has 0 radical (unpaired) electrons. The fourth-order valence-corrected chi connectivity index (χ4v) is 12.1. The van der Waals surface area contributed by atoms with Crippen molar-refractivity contribution in [2.45, 2.75) is 443 Å². The van der Waals surface area contributed by atoms with Crippen LogP contribution in [0.2, 0.25) is 0 Å². The molecule has 2 unspecified atom stereocenters. The third-order valence-electron chi connectivity index (χ3n) is 17.8. The monoisotopic (exact) mass is 1140 g/mol. The van der Waals surface area contributed by atoms with Crippen molar-refractivity contribution >= 4 is 11.9 Å². The fraction of sp³-hybridized carbons (Fsp3) is 0.947. The molecule has 0 aliphatic carbocycles. The Hall–Kier alpha value is -1.40. The summed E-state index contributed by atoms with van der Waals surface area (Å²) in [6.45, 7) is 5.00. The molecule has 0 aliphatic rings. The number of aliphatic hydroxyl groups excluding tert-OH is 2. The Morgan fingerprint density at radius 1 is 0.333 bits per heavy atom. The number of aliphatic hydroxyl groups is 2. The van der Waals surface area contributed by atoms with Crippen LogP contribution in [0, 0.1) is 0 Å². The first-order chi connectivity index (χ1) is 40.0. The molecule has 0 aliphatic heterocycles. The van der Waals surface area contributed by atoms with Gasteiger partial charge < -0.3 is 20.3 Å². The zero-order valence-electron chi connectivity index (χ0n) is 55.3. The topological polar surface area (TPSA) is 95.9 Å². The first kappa shape index (κ1) is 79.6. The second-order valence-corrected chi connectivity index (χ2v) is 26.0. The molecule has 3 N–H and O–H groups in total. The molecule has 0 saturated carbocycles. The van der Waals surface area contributed by atoms with E-state index in [0.29, 0.717) is 25.9 Å². The maximum Gasteiger partial charge on any atom is 0.305 e. The van der Waals surface area contributed by atoms with E-state index < -0.39 is 12.1 Å². The van der Waals surface area contributed by atoms with Crippen LogP contribution in [-0.2, 0) is 14.3 Å². The van der Waals surface area contributed by atoms with Crippen LogP contribution < -0.4 is 5.32 Å². The number of nitrogens with one attached hydrogen (secondary N) is 1. The van der Waals surface area contributed by atoms with Crippen molar-refractivity contribution in [3.63, 3.8) is 0 Å². The van der Waals surface area contributed by atoms with Gasteiger partial charge in [-0.25, -0.2) is 0 Å². The van der Waals surface area contributed by atoms with Gasteiger partial charge in [0.25, 0.3) is 0 Å². The van der Waals surface area contributed by atoms with E-state index in [1.807, 2.05) is 0 Å². The number of rotatable bonds is 71. The SMILES string of the molecule is CCCCCCCCCCCCCCCCCCCCCC(O)C(CO)NC(=O)CCCCCCCCCCCCCCCCCCC/C=C\CCCCCCCCCCCCCCOC(=O)CCCCCCCCCCCCCC. The molecule has 0 aromatic rings. The maximum atomic E-state index is 12.5. The molecule has 0 spiro atoms. The van der Waals surface area contributed by atoms with Gasteiger partial charge in [0.15, 0.2) is 0 Å². The molecule has 6 nitrogen and oxygen atoms in total. The lowest BCUT2D eigenvalue weighted by atomic mass is 10.0. The van der Waals surface area contributed by atoms with Gasteiger partial charge in [-0.1, -0.05) is 379 Å². The van der Waals surface area contributed by atoms with Crippen LogP contribution in [0.25, 0.3) is 0 Å². The van der Waals surface area contributed by atoms with Crippen molar-refractivity contribution in [3.8, 4) is 0 Å². The average Bonchev–Trinajstić information content (AvgIpc) is 3.47. The van der Waals surface area contributed by atoms with Gasteiger partial charge in [0.05, 0.1) is 25.4 Å². The Morgan fingerprint density at radius 2 is 0.580 bits per heavy atom. The van der Waals surface area contributed by atoms with E-state index in [1.54, 1.807) is 0 Å². The Morgan fingerprint density at radius 3 is 0.877 bits per heavy atom. The molecule has 482 valence electrons. The highest BCUT2D eigenvalue weighted by atomic mass is 16.5. The van der Waals surface area contributed by atoms with Crippen molar-refractivity contribution in [1.29, 1.82) is 0 Å². The van der Waals surface area contributed by atoms with Crippen LogP contribution in [0.3, 0.4) is 0 Å². The van der Waals surface area contributed by atoms with Crippen molar-refractivity contribution in [1.82, 2.24) is 5.32 Å². The molecular formula is C75H147NO5. The summed E-state index contributed by atoms with van der Waals surface area (Å²) in [5.41, 5.74) is 0. The molecule has 0 aromatic heterocycles. The largest absolute Gasteiger partial charge is 0.466 e. The average molecular weight is 1140 g/mol. The minimum absolute atomic E-state index is 0.0204. The van der Waals surface area contributed by atoms with Crippen LogP contribution >= 0.6 is 0 Å². The van der Waals surface area contributed by atoms with E-state index in [-0.39, 0.29) is 18.5 Å². The molecular weight excluding hydrogens is 995 g/mol. The molecule has 6 heteroatoms. The number of hydrogen-bond acceptors (Lipinski definition) is 5. The van der Waals surface area contributed by atoms with E-state index in [0.717, 1.165) is 38.5 Å². The van der Waals surface area contributed by atoms with Crippen LogP contribution in [0.4, 0.5) is 0 Å². The summed E-state index contributed by atoms with van der Waals surface area (Å²) in [5, 5.41) is 23.4. The van der Waals surface area contributed by atoms with Crippen LogP contribution in [0.15, 0.2) is 12.2 Å². The maximum absolute atomic E-state index is 12.5. The van der Waals surface area contributed by atoms with E-state index in [2.05, 4.69) is 31.3 Å². The first-order valence-corrected chi connectivity index (χ1v) is 37.4. The van der Waals surface area contributed by atoms with E-state index in [4.69, 9.17) is 4.74 Å². The minimum Gasteiger partial charge on any atom is -0.466 e. The molecule has 1 amide bonds. The second-order valence-electron chi connectivity index (χ2n) is 26.0. The summed E-state index contributed by atoms with van der Waals surface area (Å²) < 4.78 is 5.48. The quantitative estimate of drug-likeness (QED) is 0.0320. The predicted molar refractivity (Wildman–Crippen MR) is 357 cm³/mol. The molecule has 0 saturated heterocycles. The van der Waals surface area contributed by atoms with Gasteiger partial charge in [0.1, 0.15) is 0 Å². The normalized spacial score (nSPS) is 12.5. The van der Waals surface area contributed by atoms with Crippen molar-refractivity contribution in [2.75, 3.05) is 13.2 Å². The number of allylic oxidation sites excluding steroid dienone is 2. The number of carbonyl (C=O) groups is 2. The molecule has 0 rings (SSSR count). The highest BCUT2D eigenvalue weighted by Gasteiger charge is 2.20. The van der Waals surface area contributed by atoms with E-state index in [9.17, 15) is 19.8 Å². The summed E-state index contributed by atoms with van der Waals surface area (Å²) in [7, 11) is 0. The summed E-state index contributed by atoms with van der Waals surface area (Å²) in [4.78, 5) is 24.6. The van der Waals surface area contributed by atoms with Gasteiger partial charge in [-0.15, -0.1) is 0 Å². The predicted octanol–water partition coefficient (Wildman–Crippen LogP) is 24.3. The Balaban J connectivity index is 3.34. The number of unbranched alkanes of at least 4 members (excludes halogenated alkanes) is 58. The van der Waals surface area contributed by atoms with Crippen molar-refractivity contribution in [3.05, 3.63) is 12.2 Å². The van der Waals surface area contributed by atoms with Crippen LogP contribution in [-0.4, -0.2) is 47.4 Å². The molecule has 0 bridgehead atoms. The second kappa shape index (κ2) is 71.1. The minimum atomic E-state index is -0.662. The lowest BCUT2D eigenvalue weighted by Gasteiger charge is -2.22. The van der Waals surface area contributed by atoms with Gasteiger partial charge in [0.2, 0.25) is 5.91 Å². The Labute approximate surface area is 508 Å². The first-order valence-electron chi connectivity index (χ1n) is 37.4. The lowest BCUT2D eigenvalue weighted by Crippen LogP contribution is -2.45. The molecule has 0 heterocycles. The fourth-order valence-electron chi connectivity index (χ4n) is 12.1. The summed E-state index contributed by atoms with van der Waals surface area (Å²) in [6.07, 6.45) is 88.6. The van der Waals surface area contributed by atoms with Gasteiger partial charge in [-0.2, -0.15) is 0 Å².